The van der Waals surface area contributed by atoms with Gasteiger partial charge in [0.1, 0.15) is 4.32 Å². The van der Waals surface area contributed by atoms with E-state index >= 15 is 0 Å². The topological polar surface area (TPSA) is 40.5 Å². The van der Waals surface area contributed by atoms with Gasteiger partial charge in [-0.15, -0.1) is 11.3 Å². The van der Waals surface area contributed by atoms with Crippen LogP contribution in [0.5, 0.6) is 0 Å². The molecule has 0 atom stereocenters. The van der Waals surface area contributed by atoms with Gasteiger partial charge in [-0.1, -0.05) is 59.6 Å². The van der Waals surface area contributed by atoms with Gasteiger partial charge in [-0.25, -0.2) is 0 Å². The monoisotopic (exact) mass is 553 g/mol. The molecule has 1 aromatic heterocycles. The molecule has 4 aliphatic carbocycles. The van der Waals surface area contributed by atoms with Crippen LogP contribution in [0, 0.1) is 35.5 Å². The van der Waals surface area contributed by atoms with Crippen molar-refractivity contribution in [1.29, 1.82) is 0 Å². The maximum Gasteiger partial charge on any atom is 0.266 e. The van der Waals surface area contributed by atoms with Crippen LogP contribution >= 0.6 is 46.9 Å². The average Bonchev–Trinajstić information content (AvgIpc) is 3.37. The third kappa shape index (κ3) is 4.70. The molecule has 5 aliphatic rings. The van der Waals surface area contributed by atoms with E-state index in [-0.39, 0.29) is 18.6 Å². The number of benzene rings is 1. The maximum atomic E-state index is 13.7. The zero-order valence-corrected chi connectivity index (χ0v) is 23.1. The molecule has 7 rings (SSSR count). The average molecular weight is 554 g/mol. The summed E-state index contributed by atoms with van der Waals surface area (Å²) in [6.07, 6.45) is 9.72. The summed E-state index contributed by atoms with van der Waals surface area (Å²) < 4.78 is 0.716. The number of halogens is 1. The highest BCUT2D eigenvalue weighted by Gasteiger charge is 2.53. The zero-order valence-electron chi connectivity index (χ0n) is 19.9. The van der Waals surface area contributed by atoms with Crippen LogP contribution in [-0.4, -0.2) is 32.9 Å². The van der Waals surface area contributed by atoms with Crippen LogP contribution in [0.15, 0.2) is 35.2 Å². The van der Waals surface area contributed by atoms with Gasteiger partial charge in [0.05, 0.1) is 4.91 Å². The van der Waals surface area contributed by atoms with Crippen molar-refractivity contribution < 1.29 is 9.90 Å². The lowest BCUT2D eigenvalue weighted by atomic mass is 9.54. The number of hydrogen-bond donors (Lipinski definition) is 1. The molecule has 3 nitrogen and oxygen atoms in total. The number of aliphatic hydroxyl groups is 1. The summed E-state index contributed by atoms with van der Waals surface area (Å²) >= 11 is 15.0. The molecule has 1 saturated heterocycles. The SMILES string of the molecule is O=C1/C(=C/c2sc(-c3ccc(Cl)cc3)cc2C#CCCCO)SC(=S)N1C1C2CC3CC(C2)CC1C3. The molecule has 1 aromatic carbocycles. The van der Waals surface area contributed by atoms with E-state index in [2.05, 4.69) is 17.9 Å². The van der Waals surface area contributed by atoms with Crippen LogP contribution < -0.4 is 0 Å². The van der Waals surface area contributed by atoms with Crippen molar-refractivity contribution in [2.45, 2.75) is 51.0 Å². The van der Waals surface area contributed by atoms with Crippen LogP contribution in [0.2, 0.25) is 5.02 Å². The van der Waals surface area contributed by atoms with Crippen molar-refractivity contribution in [3.05, 3.63) is 50.7 Å². The molecule has 1 N–H and O–H groups in total. The number of thiocarbonyl (C=S) groups is 1. The number of thiophene rings is 1. The molecule has 5 fully saturated rings. The molecular weight excluding hydrogens is 526 g/mol. The van der Waals surface area contributed by atoms with Gasteiger partial charge in [0.2, 0.25) is 0 Å². The minimum absolute atomic E-state index is 0.0723. The van der Waals surface area contributed by atoms with Gasteiger partial charge in [-0.05, 0) is 92.0 Å². The first kappa shape index (κ1) is 24.7. The second kappa shape index (κ2) is 10.3. The van der Waals surface area contributed by atoms with Crippen LogP contribution in [0.25, 0.3) is 16.5 Å². The van der Waals surface area contributed by atoms with E-state index in [0.717, 1.165) is 32.7 Å². The first-order valence-electron chi connectivity index (χ1n) is 12.8. The number of aliphatic hydroxyl groups excluding tert-OH is 1. The third-order valence-electron chi connectivity index (χ3n) is 8.13. The molecule has 0 spiro atoms. The van der Waals surface area contributed by atoms with Crippen molar-refractivity contribution in [2.24, 2.45) is 23.7 Å². The largest absolute Gasteiger partial charge is 0.396 e. The van der Waals surface area contributed by atoms with E-state index in [1.54, 1.807) is 11.3 Å². The summed E-state index contributed by atoms with van der Waals surface area (Å²) in [6.45, 7) is 0.133. The Morgan fingerprint density at radius 2 is 1.81 bits per heavy atom. The molecule has 2 heterocycles. The van der Waals surface area contributed by atoms with Gasteiger partial charge in [0, 0.05) is 39.4 Å². The highest BCUT2D eigenvalue weighted by molar-refractivity contribution is 8.26. The van der Waals surface area contributed by atoms with Gasteiger partial charge in [0.15, 0.2) is 0 Å². The normalized spacial score (nSPS) is 29.8. The molecule has 4 saturated carbocycles. The molecule has 1 amide bonds. The molecule has 4 bridgehead atoms. The summed E-state index contributed by atoms with van der Waals surface area (Å²) in [7, 11) is 0. The molecule has 186 valence electrons. The molecule has 7 heteroatoms. The number of rotatable bonds is 5. The second-order valence-electron chi connectivity index (χ2n) is 10.5. The van der Waals surface area contributed by atoms with Gasteiger partial charge < -0.3 is 5.11 Å². The molecular formula is C29H28ClNO2S3. The van der Waals surface area contributed by atoms with Crippen LogP contribution in [-0.2, 0) is 4.79 Å². The number of unbranched alkanes of at least 4 members (excludes halogenated alkanes) is 1. The van der Waals surface area contributed by atoms with Crippen LogP contribution in [0.1, 0.15) is 55.4 Å². The highest BCUT2D eigenvalue weighted by Crippen LogP contribution is 2.56. The fourth-order valence-electron chi connectivity index (χ4n) is 6.87. The van der Waals surface area contributed by atoms with E-state index < -0.39 is 0 Å². The molecule has 0 radical (unpaired) electrons. The smallest absolute Gasteiger partial charge is 0.266 e. The highest BCUT2D eigenvalue weighted by atomic mass is 35.5. The lowest BCUT2D eigenvalue weighted by Crippen LogP contribution is -2.57. The Hall–Kier alpha value is -1.62. The Balaban J connectivity index is 1.30. The Bertz CT molecular complexity index is 1260. The number of nitrogens with zero attached hydrogens (tertiary/aromatic N) is 1. The predicted molar refractivity (Wildman–Crippen MR) is 154 cm³/mol. The summed E-state index contributed by atoms with van der Waals surface area (Å²) in [5, 5.41) is 9.80. The first-order chi connectivity index (χ1) is 17.5. The fourth-order valence-corrected chi connectivity index (χ4v) is 9.46. The van der Waals surface area contributed by atoms with Crippen molar-refractivity contribution in [3.8, 4) is 22.3 Å². The third-order valence-corrected chi connectivity index (χ3v) is 10.8. The lowest BCUT2D eigenvalue weighted by Gasteiger charge is -2.56. The first-order valence-corrected chi connectivity index (χ1v) is 15.2. The summed E-state index contributed by atoms with van der Waals surface area (Å²) in [4.78, 5) is 18.5. The standard InChI is InChI=1S/C29H28ClNO2S3/c30-23-7-5-19(6-8-23)24-15-20(4-2-1-3-9-32)25(35-24)16-26-28(33)31(29(34)36-26)27-21-11-17-10-18(13-21)14-22(27)12-17/h5-8,15-18,21-22,27,32H,1,3,9-14H2/b26-16-. The lowest BCUT2D eigenvalue weighted by molar-refractivity contribution is -0.130. The predicted octanol–water partition coefficient (Wildman–Crippen LogP) is 7.22. The van der Waals surface area contributed by atoms with Gasteiger partial charge in [-0.2, -0.15) is 0 Å². The van der Waals surface area contributed by atoms with Crippen LogP contribution in [0.3, 0.4) is 0 Å². The van der Waals surface area contributed by atoms with Gasteiger partial charge in [0.25, 0.3) is 5.91 Å². The summed E-state index contributed by atoms with van der Waals surface area (Å²) in [5.74, 6) is 9.46. The van der Waals surface area contributed by atoms with Crippen molar-refractivity contribution >= 4 is 63.2 Å². The van der Waals surface area contributed by atoms with E-state index in [1.165, 1.54) is 43.9 Å². The van der Waals surface area contributed by atoms with Gasteiger partial charge >= 0.3 is 0 Å². The van der Waals surface area contributed by atoms with E-state index in [0.29, 0.717) is 38.9 Å². The van der Waals surface area contributed by atoms with Crippen LogP contribution in [0.4, 0.5) is 0 Å². The number of thioether (sulfide) groups is 1. The Labute approximate surface area is 231 Å². The number of amides is 1. The van der Waals surface area contributed by atoms with Crippen molar-refractivity contribution in [3.63, 3.8) is 0 Å². The molecule has 2 aromatic rings. The Morgan fingerprint density at radius 3 is 2.47 bits per heavy atom. The maximum absolute atomic E-state index is 13.7. The second-order valence-corrected chi connectivity index (χ2v) is 13.7. The van der Waals surface area contributed by atoms with Crippen molar-refractivity contribution in [1.82, 2.24) is 4.90 Å². The molecule has 36 heavy (non-hydrogen) atoms. The fraction of sp³-hybridized carbons (Fsp3) is 0.448. The van der Waals surface area contributed by atoms with E-state index in [4.69, 9.17) is 28.9 Å². The zero-order chi connectivity index (χ0) is 24.8. The quantitative estimate of drug-likeness (QED) is 0.184. The Kier molecular flexibility index (Phi) is 7.05. The summed E-state index contributed by atoms with van der Waals surface area (Å²) in [5.41, 5.74) is 1.98. The van der Waals surface area contributed by atoms with E-state index in [9.17, 15) is 4.79 Å². The van der Waals surface area contributed by atoms with Gasteiger partial charge in [-0.3, -0.25) is 9.69 Å². The molecule has 0 unspecified atom stereocenters. The Morgan fingerprint density at radius 1 is 1.11 bits per heavy atom. The van der Waals surface area contributed by atoms with E-state index in [1.807, 2.05) is 35.2 Å². The number of carbonyl (C=O) groups is 1. The van der Waals surface area contributed by atoms with Crippen molar-refractivity contribution in [2.75, 3.05) is 6.61 Å². The number of carbonyl (C=O) groups excluding carboxylic acids is 1. The minimum Gasteiger partial charge on any atom is -0.396 e. The minimum atomic E-state index is 0.0723. The molecule has 1 aliphatic heterocycles. The summed E-state index contributed by atoms with van der Waals surface area (Å²) in [6, 6.07) is 10.2. The number of hydrogen-bond acceptors (Lipinski definition) is 5.